The number of nitrogen functional groups attached to an aromatic ring is 1. The van der Waals surface area contributed by atoms with Gasteiger partial charge in [-0.05, 0) is 49.1 Å². The van der Waals surface area contributed by atoms with Gasteiger partial charge in [-0.2, -0.15) is 0 Å². The molecule has 0 aliphatic carbocycles. The molecule has 0 heterocycles. The molecule has 0 saturated carbocycles. The Morgan fingerprint density at radius 1 is 1.14 bits per heavy atom. The van der Waals surface area contributed by atoms with Crippen molar-refractivity contribution in [2.45, 2.75) is 27.4 Å². The molecule has 0 unspecified atom stereocenters. The third kappa shape index (κ3) is 3.13. The molecule has 110 valence electrons. The van der Waals surface area contributed by atoms with Crippen LogP contribution in [-0.4, -0.2) is 4.92 Å². The molecule has 2 aromatic carbocycles. The van der Waals surface area contributed by atoms with Gasteiger partial charge >= 0.3 is 0 Å². The Labute approximate surface area is 123 Å². The summed E-state index contributed by atoms with van der Waals surface area (Å²) in [5.41, 5.74) is 9.65. The van der Waals surface area contributed by atoms with Crippen molar-refractivity contribution in [3.8, 4) is 5.75 Å². The summed E-state index contributed by atoms with van der Waals surface area (Å²) in [6.45, 7) is 6.28. The Balaban J connectivity index is 2.23. The number of hydrogen-bond acceptors (Lipinski definition) is 4. The molecular weight excluding hydrogens is 268 g/mol. The molecule has 0 bridgehead atoms. The Morgan fingerprint density at radius 3 is 2.48 bits per heavy atom. The van der Waals surface area contributed by atoms with Crippen LogP contribution >= 0.6 is 0 Å². The first-order chi connectivity index (χ1) is 9.90. The maximum Gasteiger partial charge on any atom is 0.292 e. The Kier molecular flexibility index (Phi) is 4.12. The summed E-state index contributed by atoms with van der Waals surface area (Å²) < 4.78 is 5.85. The number of anilines is 1. The molecule has 0 radical (unpaired) electrons. The zero-order valence-electron chi connectivity index (χ0n) is 12.3. The molecule has 2 N–H and O–H groups in total. The first-order valence-electron chi connectivity index (χ1n) is 6.62. The second-order valence-electron chi connectivity index (χ2n) is 5.09. The molecule has 2 aromatic rings. The zero-order valence-corrected chi connectivity index (χ0v) is 12.3. The standard InChI is InChI=1S/C16H18N2O3/c1-10-4-5-11(2)16(12(10)3)21-9-13-6-7-14(17)15(8-13)18(19)20/h4-8H,9,17H2,1-3H3. The van der Waals surface area contributed by atoms with E-state index in [1.54, 1.807) is 6.07 Å². The van der Waals surface area contributed by atoms with Crippen LogP contribution in [0.5, 0.6) is 5.75 Å². The maximum absolute atomic E-state index is 10.9. The van der Waals surface area contributed by atoms with Crippen LogP contribution in [0, 0.1) is 30.9 Å². The molecule has 0 aliphatic heterocycles. The van der Waals surface area contributed by atoms with Crippen LogP contribution in [0.3, 0.4) is 0 Å². The van der Waals surface area contributed by atoms with Crippen molar-refractivity contribution in [2.75, 3.05) is 5.73 Å². The van der Waals surface area contributed by atoms with E-state index in [-0.39, 0.29) is 18.0 Å². The van der Waals surface area contributed by atoms with Gasteiger partial charge in [0, 0.05) is 6.07 Å². The van der Waals surface area contributed by atoms with E-state index in [0.29, 0.717) is 0 Å². The highest BCUT2D eigenvalue weighted by Gasteiger charge is 2.13. The highest BCUT2D eigenvalue weighted by Crippen LogP contribution is 2.28. The van der Waals surface area contributed by atoms with Crippen molar-refractivity contribution >= 4 is 11.4 Å². The molecule has 0 saturated heterocycles. The van der Waals surface area contributed by atoms with Crippen molar-refractivity contribution in [3.05, 3.63) is 62.7 Å². The van der Waals surface area contributed by atoms with Crippen LogP contribution in [0.2, 0.25) is 0 Å². The largest absolute Gasteiger partial charge is 0.488 e. The van der Waals surface area contributed by atoms with Crippen molar-refractivity contribution < 1.29 is 9.66 Å². The number of nitro benzene ring substituents is 1. The number of aryl methyl sites for hydroxylation is 2. The van der Waals surface area contributed by atoms with Crippen LogP contribution < -0.4 is 10.5 Å². The van der Waals surface area contributed by atoms with E-state index in [2.05, 4.69) is 0 Å². The van der Waals surface area contributed by atoms with E-state index in [1.165, 1.54) is 12.1 Å². The highest BCUT2D eigenvalue weighted by atomic mass is 16.6. The first kappa shape index (κ1) is 14.8. The number of nitrogens with zero attached hydrogens (tertiary/aromatic N) is 1. The van der Waals surface area contributed by atoms with Crippen molar-refractivity contribution in [1.29, 1.82) is 0 Å². The Bertz CT molecular complexity index is 696. The second-order valence-corrected chi connectivity index (χ2v) is 5.09. The molecular formula is C16H18N2O3. The van der Waals surface area contributed by atoms with E-state index >= 15 is 0 Å². The van der Waals surface area contributed by atoms with Gasteiger partial charge in [0.15, 0.2) is 0 Å². The summed E-state index contributed by atoms with van der Waals surface area (Å²) in [6.07, 6.45) is 0. The summed E-state index contributed by atoms with van der Waals surface area (Å²) in [5, 5.41) is 10.9. The fourth-order valence-electron chi connectivity index (χ4n) is 2.14. The monoisotopic (exact) mass is 286 g/mol. The smallest absolute Gasteiger partial charge is 0.292 e. The van der Waals surface area contributed by atoms with Crippen molar-refractivity contribution in [1.82, 2.24) is 0 Å². The minimum Gasteiger partial charge on any atom is -0.488 e. The third-order valence-corrected chi connectivity index (χ3v) is 3.55. The van der Waals surface area contributed by atoms with Gasteiger partial charge in [0.2, 0.25) is 0 Å². The minimum atomic E-state index is -0.484. The average Bonchev–Trinajstić information content (AvgIpc) is 2.44. The van der Waals surface area contributed by atoms with Gasteiger partial charge in [0.05, 0.1) is 4.92 Å². The summed E-state index contributed by atoms with van der Waals surface area (Å²) in [4.78, 5) is 10.4. The molecule has 0 atom stereocenters. The normalized spacial score (nSPS) is 10.4. The van der Waals surface area contributed by atoms with Gasteiger partial charge < -0.3 is 10.5 Å². The number of nitrogens with two attached hydrogens (primary N) is 1. The first-order valence-corrected chi connectivity index (χ1v) is 6.62. The van der Waals surface area contributed by atoms with Crippen LogP contribution in [0.25, 0.3) is 0 Å². The summed E-state index contributed by atoms with van der Waals surface area (Å²) >= 11 is 0. The van der Waals surface area contributed by atoms with Gasteiger partial charge in [-0.25, -0.2) is 0 Å². The number of benzene rings is 2. The van der Waals surface area contributed by atoms with E-state index in [9.17, 15) is 10.1 Å². The molecule has 0 aromatic heterocycles. The summed E-state index contributed by atoms with van der Waals surface area (Å²) in [7, 11) is 0. The maximum atomic E-state index is 10.9. The van der Waals surface area contributed by atoms with Gasteiger partial charge in [-0.15, -0.1) is 0 Å². The number of ether oxygens (including phenoxy) is 1. The lowest BCUT2D eigenvalue weighted by molar-refractivity contribution is -0.384. The lowest BCUT2D eigenvalue weighted by atomic mass is 10.1. The summed E-state index contributed by atoms with van der Waals surface area (Å²) in [6, 6.07) is 8.78. The Morgan fingerprint density at radius 2 is 1.81 bits per heavy atom. The third-order valence-electron chi connectivity index (χ3n) is 3.55. The van der Waals surface area contributed by atoms with Crippen LogP contribution in [0.4, 0.5) is 11.4 Å². The van der Waals surface area contributed by atoms with E-state index in [4.69, 9.17) is 10.5 Å². The van der Waals surface area contributed by atoms with E-state index in [1.807, 2.05) is 32.9 Å². The lowest BCUT2D eigenvalue weighted by Gasteiger charge is -2.14. The number of hydrogen-bond donors (Lipinski definition) is 1. The predicted octanol–water partition coefficient (Wildman–Crippen LogP) is 3.68. The van der Waals surface area contributed by atoms with Crippen molar-refractivity contribution in [3.63, 3.8) is 0 Å². The van der Waals surface area contributed by atoms with Crippen LogP contribution in [0.1, 0.15) is 22.3 Å². The topological polar surface area (TPSA) is 78.4 Å². The Hall–Kier alpha value is -2.56. The predicted molar refractivity (Wildman–Crippen MR) is 82.5 cm³/mol. The zero-order chi connectivity index (χ0) is 15.6. The fourth-order valence-corrected chi connectivity index (χ4v) is 2.14. The van der Waals surface area contributed by atoms with Crippen LogP contribution in [0.15, 0.2) is 30.3 Å². The molecule has 0 fully saturated rings. The molecule has 0 amide bonds. The molecule has 5 heteroatoms. The van der Waals surface area contributed by atoms with Gasteiger partial charge in [0.25, 0.3) is 5.69 Å². The van der Waals surface area contributed by atoms with E-state index in [0.717, 1.165) is 28.0 Å². The number of nitro groups is 1. The second kappa shape index (κ2) is 5.83. The van der Waals surface area contributed by atoms with Gasteiger partial charge in [-0.3, -0.25) is 10.1 Å². The highest BCUT2D eigenvalue weighted by molar-refractivity contribution is 5.59. The average molecular weight is 286 g/mol. The SMILES string of the molecule is Cc1ccc(C)c(OCc2ccc(N)c([N+](=O)[O-])c2)c1C. The van der Waals surface area contributed by atoms with Crippen LogP contribution in [-0.2, 0) is 6.61 Å². The number of rotatable bonds is 4. The molecule has 2 rings (SSSR count). The quantitative estimate of drug-likeness (QED) is 0.528. The lowest BCUT2D eigenvalue weighted by Crippen LogP contribution is -2.02. The van der Waals surface area contributed by atoms with Crippen molar-refractivity contribution in [2.24, 2.45) is 0 Å². The minimum absolute atomic E-state index is 0.0891. The molecule has 21 heavy (non-hydrogen) atoms. The molecule has 5 nitrogen and oxygen atoms in total. The molecule has 0 spiro atoms. The molecule has 0 aliphatic rings. The fraction of sp³-hybridized carbons (Fsp3) is 0.250. The van der Waals surface area contributed by atoms with Gasteiger partial charge in [0.1, 0.15) is 18.0 Å². The van der Waals surface area contributed by atoms with Gasteiger partial charge in [-0.1, -0.05) is 18.2 Å². The van der Waals surface area contributed by atoms with E-state index < -0.39 is 4.92 Å². The summed E-state index contributed by atoms with van der Waals surface area (Å²) in [5.74, 6) is 0.828.